The predicted molar refractivity (Wildman–Crippen MR) is 107 cm³/mol. The van der Waals surface area contributed by atoms with Gasteiger partial charge in [-0.1, -0.05) is 54.1 Å². The van der Waals surface area contributed by atoms with E-state index in [9.17, 15) is 9.59 Å². The van der Waals surface area contributed by atoms with Crippen LogP contribution in [0.15, 0.2) is 78.9 Å². The standard InChI is InChI=1S/C23H21NO4/c1-16-11-13-19(14-12-16)24-22(25)21(17-7-4-3-5-8-17)28-20-10-6-9-18(15-20)23(26)27-2/h3-15,21H,1-2H3,(H,24,25)/t21-/m1/s1. The number of carbonyl (C=O) groups excluding carboxylic acids is 2. The summed E-state index contributed by atoms with van der Waals surface area (Å²) in [4.78, 5) is 24.7. The summed E-state index contributed by atoms with van der Waals surface area (Å²) in [6.07, 6.45) is -0.879. The van der Waals surface area contributed by atoms with E-state index in [4.69, 9.17) is 9.47 Å². The Morgan fingerprint density at radius 2 is 1.61 bits per heavy atom. The van der Waals surface area contributed by atoms with E-state index in [2.05, 4.69) is 5.32 Å². The summed E-state index contributed by atoms with van der Waals surface area (Å²) in [5, 5.41) is 2.88. The van der Waals surface area contributed by atoms with Crippen molar-refractivity contribution in [2.24, 2.45) is 0 Å². The van der Waals surface area contributed by atoms with E-state index < -0.39 is 12.1 Å². The lowest BCUT2D eigenvalue weighted by molar-refractivity contribution is -0.123. The average Bonchev–Trinajstić information content (AvgIpc) is 2.74. The minimum atomic E-state index is -0.879. The SMILES string of the molecule is COC(=O)c1cccc(O[C@@H](C(=O)Nc2ccc(C)cc2)c2ccccc2)c1. The molecule has 3 aromatic carbocycles. The Morgan fingerprint density at radius 3 is 2.29 bits per heavy atom. The molecule has 1 atom stereocenters. The number of esters is 1. The summed E-state index contributed by atoms with van der Waals surface area (Å²) < 4.78 is 10.7. The van der Waals surface area contributed by atoms with Crippen LogP contribution in [0.25, 0.3) is 0 Å². The number of amides is 1. The van der Waals surface area contributed by atoms with Crippen molar-refractivity contribution in [1.29, 1.82) is 0 Å². The Labute approximate surface area is 163 Å². The van der Waals surface area contributed by atoms with E-state index in [1.165, 1.54) is 7.11 Å². The van der Waals surface area contributed by atoms with Crippen LogP contribution in [0.3, 0.4) is 0 Å². The van der Waals surface area contributed by atoms with Crippen LogP contribution in [0.5, 0.6) is 5.75 Å². The monoisotopic (exact) mass is 375 g/mol. The van der Waals surface area contributed by atoms with Crippen LogP contribution in [0.4, 0.5) is 5.69 Å². The number of rotatable bonds is 6. The van der Waals surface area contributed by atoms with Crippen molar-refractivity contribution in [3.63, 3.8) is 0 Å². The van der Waals surface area contributed by atoms with Gasteiger partial charge in [-0.15, -0.1) is 0 Å². The number of hydrogen-bond acceptors (Lipinski definition) is 4. The van der Waals surface area contributed by atoms with Crippen molar-refractivity contribution in [2.75, 3.05) is 12.4 Å². The van der Waals surface area contributed by atoms with Gasteiger partial charge in [0.05, 0.1) is 12.7 Å². The van der Waals surface area contributed by atoms with Gasteiger partial charge >= 0.3 is 5.97 Å². The maximum Gasteiger partial charge on any atom is 0.337 e. The molecular formula is C23H21NO4. The molecule has 0 bridgehead atoms. The van der Waals surface area contributed by atoms with Gasteiger partial charge in [-0.3, -0.25) is 4.79 Å². The minimum Gasteiger partial charge on any atom is -0.476 e. The van der Waals surface area contributed by atoms with E-state index in [-0.39, 0.29) is 5.91 Å². The second kappa shape index (κ2) is 8.86. The highest BCUT2D eigenvalue weighted by Gasteiger charge is 2.23. The average molecular weight is 375 g/mol. The summed E-state index contributed by atoms with van der Waals surface area (Å²) in [6.45, 7) is 1.98. The van der Waals surface area contributed by atoms with Crippen molar-refractivity contribution < 1.29 is 19.1 Å². The summed E-state index contributed by atoms with van der Waals surface area (Å²) >= 11 is 0. The Hall–Kier alpha value is -3.60. The number of benzene rings is 3. The quantitative estimate of drug-likeness (QED) is 0.643. The Kier molecular flexibility index (Phi) is 6.07. The molecule has 0 fully saturated rings. The highest BCUT2D eigenvalue weighted by atomic mass is 16.5. The van der Waals surface area contributed by atoms with Gasteiger partial charge in [-0.05, 0) is 37.3 Å². The molecule has 0 saturated carbocycles. The highest BCUT2D eigenvalue weighted by Crippen LogP contribution is 2.25. The summed E-state index contributed by atoms with van der Waals surface area (Å²) in [5.74, 6) is -0.375. The molecule has 5 heteroatoms. The molecule has 28 heavy (non-hydrogen) atoms. The molecule has 0 aliphatic carbocycles. The Balaban J connectivity index is 1.86. The molecule has 0 heterocycles. The highest BCUT2D eigenvalue weighted by molar-refractivity contribution is 5.95. The van der Waals surface area contributed by atoms with Crippen LogP contribution in [0, 0.1) is 6.92 Å². The molecule has 3 rings (SSSR count). The van der Waals surface area contributed by atoms with Crippen LogP contribution < -0.4 is 10.1 Å². The second-order valence-corrected chi connectivity index (χ2v) is 6.28. The first kappa shape index (κ1) is 19.2. The van der Waals surface area contributed by atoms with E-state index in [0.717, 1.165) is 5.56 Å². The van der Waals surface area contributed by atoms with Crippen molar-refractivity contribution in [3.8, 4) is 5.75 Å². The molecule has 5 nitrogen and oxygen atoms in total. The molecule has 0 saturated heterocycles. The smallest absolute Gasteiger partial charge is 0.337 e. The Bertz CT molecular complexity index is 952. The molecule has 0 aliphatic rings. The fourth-order valence-corrected chi connectivity index (χ4v) is 2.70. The first-order chi connectivity index (χ1) is 13.6. The third kappa shape index (κ3) is 4.76. The number of anilines is 1. The summed E-state index contributed by atoms with van der Waals surface area (Å²) in [6, 6.07) is 23.3. The van der Waals surface area contributed by atoms with Gasteiger partial charge in [-0.2, -0.15) is 0 Å². The number of ether oxygens (including phenoxy) is 2. The van der Waals surface area contributed by atoms with Crippen molar-refractivity contribution in [1.82, 2.24) is 0 Å². The third-order valence-corrected chi connectivity index (χ3v) is 4.17. The fourth-order valence-electron chi connectivity index (χ4n) is 2.70. The van der Waals surface area contributed by atoms with Crippen LogP contribution in [0.1, 0.15) is 27.6 Å². The largest absolute Gasteiger partial charge is 0.476 e. The fraction of sp³-hybridized carbons (Fsp3) is 0.130. The molecule has 0 unspecified atom stereocenters. The lowest BCUT2D eigenvalue weighted by Crippen LogP contribution is -2.25. The zero-order valence-corrected chi connectivity index (χ0v) is 15.7. The Morgan fingerprint density at radius 1 is 0.893 bits per heavy atom. The van der Waals surface area contributed by atoms with Crippen LogP contribution >= 0.6 is 0 Å². The van der Waals surface area contributed by atoms with Gasteiger partial charge in [0.25, 0.3) is 5.91 Å². The minimum absolute atomic E-state index is 0.307. The topological polar surface area (TPSA) is 64.6 Å². The van der Waals surface area contributed by atoms with Crippen molar-refractivity contribution in [3.05, 3.63) is 95.6 Å². The number of carbonyl (C=O) groups is 2. The molecule has 0 radical (unpaired) electrons. The zero-order valence-electron chi connectivity index (χ0n) is 15.7. The first-order valence-electron chi connectivity index (χ1n) is 8.84. The molecule has 1 amide bonds. The van der Waals surface area contributed by atoms with E-state index >= 15 is 0 Å². The van der Waals surface area contributed by atoms with Crippen LogP contribution in [0.2, 0.25) is 0 Å². The molecular weight excluding hydrogens is 354 g/mol. The van der Waals surface area contributed by atoms with Gasteiger partial charge in [0.15, 0.2) is 0 Å². The normalized spacial score (nSPS) is 11.4. The molecule has 0 aromatic heterocycles. The molecule has 1 N–H and O–H groups in total. The van der Waals surface area contributed by atoms with E-state index in [1.807, 2.05) is 61.5 Å². The summed E-state index contributed by atoms with van der Waals surface area (Å²) in [5.41, 5.74) is 2.85. The van der Waals surface area contributed by atoms with Gasteiger partial charge in [0.1, 0.15) is 5.75 Å². The number of hydrogen-bond donors (Lipinski definition) is 1. The molecule has 0 spiro atoms. The van der Waals surface area contributed by atoms with Crippen molar-refractivity contribution >= 4 is 17.6 Å². The molecule has 0 aliphatic heterocycles. The van der Waals surface area contributed by atoms with E-state index in [0.29, 0.717) is 22.6 Å². The van der Waals surface area contributed by atoms with Gasteiger partial charge < -0.3 is 14.8 Å². The predicted octanol–water partition coefficient (Wildman–Crippen LogP) is 4.54. The van der Waals surface area contributed by atoms with Crippen LogP contribution in [-0.4, -0.2) is 19.0 Å². The van der Waals surface area contributed by atoms with Gasteiger partial charge in [0.2, 0.25) is 6.10 Å². The maximum absolute atomic E-state index is 12.9. The third-order valence-electron chi connectivity index (χ3n) is 4.17. The lowest BCUT2D eigenvalue weighted by atomic mass is 10.1. The van der Waals surface area contributed by atoms with Gasteiger partial charge in [-0.25, -0.2) is 4.79 Å². The molecule has 3 aromatic rings. The second-order valence-electron chi connectivity index (χ2n) is 6.28. The van der Waals surface area contributed by atoms with E-state index in [1.54, 1.807) is 24.3 Å². The number of methoxy groups -OCH3 is 1. The van der Waals surface area contributed by atoms with Crippen LogP contribution in [-0.2, 0) is 9.53 Å². The first-order valence-corrected chi connectivity index (χ1v) is 8.84. The zero-order chi connectivity index (χ0) is 19.9. The van der Waals surface area contributed by atoms with Gasteiger partial charge in [0, 0.05) is 11.3 Å². The maximum atomic E-state index is 12.9. The lowest BCUT2D eigenvalue weighted by Gasteiger charge is -2.19. The summed E-state index contributed by atoms with van der Waals surface area (Å²) in [7, 11) is 1.32. The molecule has 142 valence electrons. The number of nitrogens with one attached hydrogen (secondary N) is 1. The number of aryl methyl sites for hydroxylation is 1. The van der Waals surface area contributed by atoms with Crippen molar-refractivity contribution in [2.45, 2.75) is 13.0 Å².